The van der Waals surface area contributed by atoms with Gasteiger partial charge in [0.1, 0.15) is 0 Å². The summed E-state index contributed by atoms with van der Waals surface area (Å²) >= 11 is 0. The van der Waals surface area contributed by atoms with Crippen molar-refractivity contribution < 1.29 is 0 Å². The molecule has 6 aliphatic carbocycles. The van der Waals surface area contributed by atoms with Crippen molar-refractivity contribution in [3.8, 4) is 22.3 Å². The van der Waals surface area contributed by atoms with E-state index in [1.807, 2.05) is 0 Å². The molecule has 0 N–H and O–H groups in total. The van der Waals surface area contributed by atoms with Crippen LogP contribution in [0, 0.1) is 17.8 Å². The third-order valence-corrected chi connectivity index (χ3v) is 14.0. The lowest BCUT2D eigenvalue weighted by Crippen LogP contribution is -2.48. The predicted octanol–water partition coefficient (Wildman–Crippen LogP) is 13.6. The molecular formula is C49H51N. The van der Waals surface area contributed by atoms with Crippen LogP contribution in [0.25, 0.3) is 22.3 Å². The molecule has 0 saturated heterocycles. The molecule has 11 rings (SSSR count). The van der Waals surface area contributed by atoms with Crippen LogP contribution in [0.15, 0.2) is 115 Å². The van der Waals surface area contributed by atoms with Gasteiger partial charge < -0.3 is 4.90 Å². The minimum atomic E-state index is -0.0746. The molecule has 0 radical (unpaired) electrons. The summed E-state index contributed by atoms with van der Waals surface area (Å²) in [4.78, 5) is 2.58. The van der Waals surface area contributed by atoms with Crippen LogP contribution in [0.4, 0.5) is 17.1 Å². The average Bonchev–Trinajstić information content (AvgIpc) is 3.37. The number of fused-ring (bicyclic) bond motifs is 3. The third-order valence-electron chi connectivity index (χ3n) is 14.0. The van der Waals surface area contributed by atoms with E-state index in [4.69, 9.17) is 0 Å². The van der Waals surface area contributed by atoms with E-state index in [0.717, 1.165) is 17.8 Å². The molecule has 0 unspecified atom stereocenters. The molecule has 1 heteroatoms. The standard InChI is InChI=1S/C49H51N/c1-48(2)45-16-10-9-15-42(45)44-28-43(38-13-7-4-8-14-38)47(29-46(44)48)50(40-21-17-37(18-22-40)36-11-5-3-6-12-36)41-23-19-39(20-24-41)49-30-33-25-34(31-49)27-35(26-33)32-49/h4,7-10,13-24,28-29,33-36H,3,5-6,11-12,25-27,30-32H2,1-2H3. The van der Waals surface area contributed by atoms with E-state index < -0.39 is 0 Å². The monoisotopic (exact) mass is 653 g/mol. The van der Waals surface area contributed by atoms with Gasteiger partial charge in [-0.1, -0.05) is 112 Å². The number of nitrogens with zero attached hydrogens (tertiary/aromatic N) is 1. The molecule has 0 heterocycles. The number of hydrogen-bond acceptors (Lipinski definition) is 1. The van der Waals surface area contributed by atoms with Gasteiger partial charge in [-0.05, 0) is 156 Å². The molecule has 0 aliphatic heterocycles. The van der Waals surface area contributed by atoms with Crippen molar-refractivity contribution in [2.75, 3.05) is 4.90 Å². The Morgan fingerprint density at radius 2 is 1.14 bits per heavy atom. The van der Waals surface area contributed by atoms with Gasteiger partial charge in [0.2, 0.25) is 0 Å². The molecule has 1 nitrogen and oxygen atoms in total. The van der Waals surface area contributed by atoms with Crippen LogP contribution in [0.2, 0.25) is 0 Å². The number of benzene rings is 5. The highest BCUT2D eigenvalue weighted by Gasteiger charge is 2.51. The van der Waals surface area contributed by atoms with Crippen molar-refractivity contribution in [3.05, 3.63) is 138 Å². The highest BCUT2D eigenvalue weighted by atomic mass is 15.1. The number of rotatable bonds is 6. The van der Waals surface area contributed by atoms with E-state index in [9.17, 15) is 0 Å². The average molecular weight is 654 g/mol. The van der Waals surface area contributed by atoms with E-state index in [2.05, 4.69) is 134 Å². The summed E-state index contributed by atoms with van der Waals surface area (Å²) in [6, 6.07) is 44.9. The molecule has 5 aromatic rings. The lowest BCUT2D eigenvalue weighted by Gasteiger charge is -2.57. The molecule has 50 heavy (non-hydrogen) atoms. The van der Waals surface area contributed by atoms with Gasteiger partial charge in [0.25, 0.3) is 0 Å². The Kier molecular flexibility index (Phi) is 7.20. The highest BCUT2D eigenvalue weighted by molar-refractivity contribution is 5.94. The molecule has 5 saturated carbocycles. The summed E-state index contributed by atoms with van der Waals surface area (Å²) in [5, 5.41) is 0. The maximum absolute atomic E-state index is 2.58. The van der Waals surface area contributed by atoms with E-state index >= 15 is 0 Å². The van der Waals surface area contributed by atoms with Gasteiger partial charge in [-0.25, -0.2) is 0 Å². The fraction of sp³-hybridized carbons (Fsp3) is 0.388. The fourth-order valence-electron chi connectivity index (χ4n) is 12.0. The Balaban J connectivity index is 1.13. The molecule has 0 aromatic heterocycles. The molecular weight excluding hydrogens is 603 g/mol. The van der Waals surface area contributed by atoms with E-state index in [-0.39, 0.29) is 5.41 Å². The van der Waals surface area contributed by atoms with Crippen LogP contribution in [0.5, 0.6) is 0 Å². The van der Waals surface area contributed by atoms with Gasteiger partial charge in [0, 0.05) is 22.4 Å². The van der Waals surface area contributed by atoms with Crippen molar-refractivity contribution >= 4 is 17.1 Å². The SMILES string of the molecule is CC1(C)c2ccccc2-c2cc(-c3ccccc3)c(N(c3ccc(C4CCCCC4)cc3)c3ccc(C45CC6CC(CC(C6)C4)C5)cc3)cc21. The Morgan fingerprint density at radius 3 is 1.80 bits per heavy atom. The summed E-state index contributed by atoms with van der Waals surface area (Å²) in [5.41, 5.74) is 15.4. The van der Waals surface area contributed by atoms with Crippen LogP contribution >= 0.6 is 0 Å². The van der Waals surface area contributed by atoms with Crippen LogP contribution in [-0.4, -0.2) is 0 Å². The first-order valence-corrected chi connectivity index (χ1v) is 19.8. The second-order valence-electron chi connectivity index (χ2n) is 17.5. The first kappa shape index (κ1) is 30.7. The smallest absolute Gasteiger partial charge is 0.0543 e. The van der Waals surface area contributed by atoms with Gasteiger partial charge in [0.05, 0.1) is 5.69 Å². The summed E-state index contributed by atoms with van der Waals surface area (Å²) in [7, 11) is 0. The molecule has 5 aromatic carbocycles. The maximum Gasteiger partial charge on any atom is 0.0543 e. The minimum absolute atomic E-state index is 0.0746. The van der Waals surface area contributed by atoms with Crippen LogP contribution in [-0.2, 0) is 10.8 Å². The van der Waals surface area contributed by atoms with Crippen molar-refractivity contribution in [2.45, 2.75) is 101 Å². The van der Waals surface area contributed by atoms with Gasteiger partial charge in [-0.2, -0.15) is 0 Å². The summed E-state index contributed by atoms with van der Waals surface area (Å²) in [5.74, 6) is 3.55. The van der Waals surface area contributed by atoms with E-state index in [1.165, 1.54) is 127 Å². The fourth-order valence-corrected chi connectivity index (χ4v) is 12.0. The molecule has 0 spiro atoms. The van der Waals surface area contributed by atoms with Gasteiger partial charge >= 0.3 is 0 Å². The zero-order valence-electron chi connectivity index (χ0n) is 30.0. The molecule has 4 bridgehead atoms. The molecule has 0 amide bonds. The highest BCUT2D eigenvalue weighted by Crippen LogP contribution is 2.61. The lowest BCUT2D eigenvalue weighted by molar-refractivity contribution is -0.00518. The number of anilines is 3. The van der Waals surface area contributed by atoms with Crippen molar-refractivity contribution in [1.82, 2.24) is 0 Å². The topological polar surface area (TPSA) is 3.24 Å². The maximum atomic E-state index is 2.58. The summed E-state index contributed by atoms with van der Waals surface area (Å²) in [6.45, 7) is 4.82. The quantitative estimate of drug-likeness (QED) is 0.176. The minimum Gasteiger partial charge on any atom is -0.310 e. The Hall–Kier alpha value is -4.10. The zero-order valence-corrected chi connectivity index (χ0v) is 30.0. The van der Waals surface area contributed by atoms with Crippen molar-refractivity contribution in [2.24, 2.45) is 17.8 Å². The number of hydrogen-bond donors (Lipinski definition) is 0. The second kappa shape index (κ2) is 11.7. The first-order valence-electron chi connectivity index (χ1n) is 19.8. The van der Waals surface area contributed by atoms with Crippen LogP contribution in [0.3, 0.4) is 0 Å². The van der Waals surface area contributed by atoms with E-state index in [1.54, 1.807) is 5.56 Å². The Morgan fingerprint density at radius 1 is 0.540 bits per heavy atom. The van der Waals surface area contributed by atoms with Gasteiger partial charge in [-0.3, -0.25) is 0 Å². The molecule has 0 atom stereocenters. The van der Waals surface area contributed by atoms with Crippen LogP contribution in [0.1, 0.15) is 113 Å². The normalized spacial score (nSPS) is 26.1. The second-order valence-corrected chi connectivity index (χ2v) is 17.5. The third kappa shape index (κ3) is 4.94. The van der Waals surface area contributed by atoms with Crippen molar-refractivity contribution in [3.63, 3.8) is 0 Å². The van der Waals surface area contributed by atoms with E-state index in [0.29, 0.717) is 11.3 Å². The largest absolute Gasteiger partial charge is 0.310 e. The summed E-state index contributed by atoms with van der Waals surface area (Å²) in [6.07, 6.45) is 15.5. The van der Waals surface area contributed by atoms with Crippen LogP contribution < -0.4 is 4.90 Å². The van der Waals surface area contributed by atoms with Gasteiger partial charge in [0.15, 0.2) is 0 Å². The first-order chi connectivity index (χ1) is 24.4. The molecule has 5 fully saturated rings. The Labute approximate surface area is 299 Å². The zero-order chi connectivity index (χ0) is 33.5. The lowest BCUT2D eigenvalue weighted by atomic mass is 9.48. The van der Waals surface area contributed by atoms with Crippen molar-refractivity contribution in [1.29, 1.82) is 0 Å². The van der Waals surface area contributed by atoms with Gasteiger partial charge in [-0.15, -0.1) is 0 Å². The molecule has 6 aliphatic rings. The summed E-state index contributed by atoms with van der Waals surface area (Å²) < 4.78 is 0. The predicted molar refractivity (Wildman–Crippen MR) is 210 cm³/mol. The Bertz CT molecular complexity index is 1990. The molecule has 252 valence electrons.